The molecule has 0 heterocycles. The second kappa shape index (κ2) is 8.82. The van der Waals surface area contributed by atoms with Crippen molar-refractivity contribution in [3.05, 3.63) is 11.6 Å². The summed E-state index contributed by atoms with van der Waals surface area (Å²) < 4.78 is 0. The van der Waals surface area contributed by atoms with Gasteiger partial charge in [0, 0.05) is 0 Å². The van der Waals surface area contributed by atoms with E-state index < -0.39 is 0 Å². The van der Waals surface area contributed by atoms with Crippen molar-refractivity contribution in [3.8, 4) is 0 Å². The zero-order valence-electron chi connectivity index (χ0n) is 13.1. The Bertz CT molecular complexity index is 263. The van der Waals surface area contributed by atoms with Crippen LogP contribution in [0.15, 0.2) is 11.6 Å². The number of hydrogen-bond donors (Lipinski definition) is 0. The van der Waals surface area contributed by atoms with Crippen LogP contribution in [0.25, 0.3) is 0 Å². The van der Waals surface area contributed by atoms with Gasteiger partial charge in [-0.3, -0.25) is 0 Å². The van der Waals surface area contributed by atoms with Gasteiger partial charge in [0.05, 0.1) is 0 Å². The number of hydrogen-bond acceptors (Lipinski definition) is 0. The third kappa shape index (κ3) is 5.32. The number of unbranched alkanes of at least 4 members (excludes halogenated alkanes) is 9. The van der Waals surface area contributed by atoms with Gasteiger partial charge in [-0.25, -0.2) is 0 Å². The maximum Gasteiger partial charge on any atom is -0.0286 e. The zero-order chi connectivity index (χ0) is 13.3. The van der Waals surface area contributed by atoms with Crippen LogP contribution in [0, 0.1) is 11.8 Å². The maximum atomic E-state index is 2.51. The number of fused-ring (bicyclic) bond motifs is 2. The fraction of sp³-hybridized carbons (Fsp3) is 0.895. The van der Waals surface area contributed by atoms with Gasteiger partial charge in [-0.05, 0) is 37.5 Å². The Kier molecular flexibility index (Phi) is 7.03. The van der Waals surface area contributed by atoms with Crippen molar-refractivity contribution >= 4 is 0 Å². The molecule has 0 aromatic carbocycles. The molecule has 0 amide bonds. The highest BCUT2D eigenvalue weighted by atomic mass is 14.4. The van der Waals surface area contributed by atoms with E-state index in [4.69, 9.17) is 0 Å². The Morgan fingerprint density at radius 1 is 0.842 bits per heavy atom. The average molecular weight is 262 g/mol. The van der Waals surface area contributed by atoms with Crippen LogP contribution >= 0.6 is 0 Å². The second-order valence-corrected chi connectivity index (χ2v) is 7.00. The van der Waals surface area contributed by atoms with Crippen molar-refractivity contribution in [2.75, 3.05) is 0 Å². The van der Waals surface area contributed by atoms with Gasteiger partial charge in [0.2, 0.25) is 0 Å². The van der Waals surface area contributed by atoms with E-state index in [9.17, 15) is 0 Å². The van der Waals surface area contributed by atoms with Gasteiger partial charge in [0.25, 0.3) is 0 Å². The van der Waals surface area contributed by atoms with Gasteiger partial charge >= 0.3 is 0 Å². The maximum absolute atomic E-state index is 2.51. The summed E-state index contributed by atoms with van der Waals surface area (Å²) in [5.41, 5.74) is 1.79. The molecule has 0 radical (unpaired) electrons. The Balaban J connectivity index is 1.34. The lowest BCUT2D eigenvalue weighted by molar-refractivity contribution is 0.351. The lowest BCUT2D eigenvalue weighted by atomic mass is 9.87. The molecule has 0 N–H and O–H groups in total. The molecule has 2 aliphatic rings. The zero-order valence-corrected chi connectivity index (χ0v) is 13.1. The summed E-state index contributed by atoms with van der Waals surface area (Å²) in [6.07, 6.45) is 23.1. The van der Waals surface area contributed by atoms with Crippen LogP contribution in [0.5, 0.6) is 0 Å². The van der Waals surface area contributed by atoms with Crippen LogP contribution in [-0.2, 0) is 0 Å². The Morgan fingerprint density at radius 3 is 2.00 bits per heavy atom. The highest BCUT2D eigenvalue weighted by molar-refractivity contribution is 5.18. The normalized spacial score (nSPS) is 25.0. The molecule has 0 nitrogen and oxygen atoms in total. The Morgan fingerprint density at radius 2 is 1.47 bits per heavy atom. The first-order chi connectivity index (χ1) is 9.40. The van der Waals surface area contributed by atoms with Gasteiger partial charge in [0.15, 0.2) is 0 Å². The number of allylic oxidation sites excluding steroid dienone is 2. The van der Waals surface area contributed by atoms with Gasteiger partial charge in [-0.15, -0.1) is 0 Å². The molecule has 1 fully saturated rings. The molecule has 110 valence electrons. The van der Waals surface area contributed by atoms with Gasteiger partial charge in [0.1, 0.15) is 0 Å². The van der Waals surface area contributed by atoms with Crippen LogP contribution < -0.4 is 0 Å². The van der Waals surface area contributed by atoms with E-state index in [-0.39, 0.29) is 0 Å². The first-order valence-corrected chi connectivity index (χ1v) is 9.08. The van der Waals surface area contributed by atoms with Crippen molar-refractivity contribution in [1.29, 1.82) is 0 Å². The van der Waals surface area contributed by atoms with Crippen molar-refractivity contribution < 1.29 is 0 Å². The Labute approximate surface area is 121 Å². The van der Waals surface area contributed by atoms with Crippen LogP contribution in [0.3, 0.4) is 0 Å². The van der Waals surface area contributed by atoms with Crippen LogP contribution in [-0.4, -0.2) is 0 Å². The number of rotatable bonds is 11. The summed E-state index contributed by atoms with van der Waals surface area (Å²) in [6, 6.07) is 0. The van der Waals surface area contributed by atoms with Crippen LogP contribution in [0.1, 0.15) is 96.8 Å². The molecule has 2 atom stereocenters. The van der Waals surface area contributed by atoms with E-state index in [1.165, 1.54) is 89.9 Å². The third-order valence-electron chi connectivity index (χ3n) is 5.35. The van der Waals surface area contributed by atoms with E-state index >= 15 is 0 Å². The van der Waals surface area contributed by atoms with E-state index in [1.54, 1.807) is 5.57 Å². The van der Waals surface area contributed by atoms with Gasteiger partial charge in [-0.1, -0.05) is 82.8 Å². The summed E-state index contributed by atoms with van der Waals surface area (Å²) in [5.74, 6) is 2.14. The first-order valence-electron chi connectivity index (χ1n) is 9.08. The van der Waals surface area contributed by atoms with Crippen molar-refractivity contribution in [2.45, 2.75) is 96.8 Å². The topological polar surface area (TPSA) is 0 Å². The highest BCUT2D eigenvalue weighted by Gasteiger charge is 2.32. The molecule has 0 saturated heterocycles. The average Bonchev–Trinajstić information content (AvgIpc) is 3.03. The molecular formula is C19H34. The lowest BCUT2D eigenvalue weighted by Crippen LogP contribution is -2.07. The smallest absolute Gasteiger partial charge is 0.0286 e. The molecule has 2 rings (SSSR count). The minimum absolute atomic E-state index is 1.06. The monoisotopic (exact) mass is 262 g/mol. The standard InChI is InChI=1S/C19H34/c1-2-3-4-5-6-7-8-9-10-11-12-18-15-17-13-14-19(18)16-17/h13,18-19H,2-12,14-16H2,1H3. The first kappa shape index (κ1) is 15.1. The summed E-state index contributed by atoms with van der Waals surface area (Å²) in [6.45, 7) is 2.30. The summed E-state index contributed by atoms with van der Waals surface area (Å²) >= 11 is 0. The fourth-order valence-corrected chi connectivity index (χ4v) is 4.08. The molecule has 0 aromatic heterocycles. The minimum atomic E-state index is 1.06. The van der Waals surface area contributed by atoms with E-state index in [2.05, 4.69) is 13.0 Å². The quantitative estimate of drug-likeness (QED) is 0.289. The van der Waals surface area contributed by atoms with E-state index in [1.807, 2.05) is 0 Å². The van der Waals surface area contributed by atoms with Gasteiger partial charge < -0.3 is 0 Å². The van der Waals surface area contributed by atoms with Gasteiger partial charge in [-0.2, -0.15) is 0 Å². The largest absolute Gasteiger partial charge is 0.0850 e. The molecule has 19 heavy (non-hydrogen) atoms. The van der Waals surface area contributed by atoms with Crippen molar-refractivity contribution in [1.82, 2.24) is 0 Å². The summed E-state index contributed by atoms with van der Waals surface area (Å²) in [4.78, 5) is 0. The molecule has 0 spiro atoms. The molecule has 0 aliphatic heterocycles. The summed E-state index contributed by atoms with van der Waals surface area (Å²) in [7, 11) is 0. The van der Waals surface area contributed by atoms with E-state index in [0.29, 0.717) is 0 Å². The molecule has 2 bridgehead atoms. The SMILES string of the molecule is CCCCCCCCCCCCC1CC2=CCC1C2. The predicted molar refractivity (Wildman–Crippen MR) is 85.4 cm³/mol. The third-order valence-corrected chi connectivity index (χ3v) is 5.35. The highest BCUT2D eigenvalue weighted by Crippen LogP contribution is 2.46. The predicted octanol–water partition coefficient (Wildman–Crippen LogP) is 6.65. The molecule has 0 heteroatoms. The van der Waals surface area contributed by atoms with Crippen LogP contribution in [0.2, 0.25) is 0 Å². The molecule has 2 aliphatic carbocycles. The second-order valence-electron chi connectivity index (χ2n) is 7.00. The molecule has 0 aromatic rings. The minimum Gasteiger partial charge on any atom is -0.0850 e. The molecule has 1 saturated carbocycles. The summed E-state index contributed by atoms with van der Waals surface area (Å²) in [5, 5.41) is 0. The van der Waals surface area contributed by atoms with Crippen molar-refractivity contribution in [3.63, 3.8) is 0 Å². The lowest BCUT2D eigenvalue weighted by Gasteiger charge is -2.18. The molecular weight excluding hydrogens is 228 g/mol. The van der Waals surface area contributed by atoms with Crippen molar-refractivity contribution in [2.24, 2.45) is 11.8 Å². The van der Waals surface area contributed by atoms with Crippen LogP contribution in [0.4, 0.5) is 0 Å². The van der Waals surface area contributed by atoms with E-state index in [0.717, 1.165) is 11.8 Å². The Hall–Kier alpha value is -0.260. The molecule has 2 unspecified atom stereocenters. The fourth-order valence-electron chi connectivity index (χ4n) is 4.08.